The minimum atomic E-state index is -0.406. The Kier molecular flexibility index (Phi) is 5.18. The summed E-state index contributed by atoms with van der Waals surface area (Å²) >= 11 is 1.66. The second-order valence-electron chi connectivity index (χ2n) is 5.36. The quantitative estimate of drug-likeness (QED) is 0.908. The lowest BCUT2D eigenvalue weighted by Gasteiger charge is -2.39. The van der Waals surface area contributed by atoms with Crippen LogP contribution in [0.1, 0.15) is 38.4 Å². The Morgan fingerprint density at radius 2 is 2.30 bits per heavy atom. The Balaban J connectivity index is 2.10. The van der Waals surface area contributed by atoms with E-state index in [9.17, 15) is 4.79 Å². The van der Waals surface area contributed by atoms with Crippen LogP contribution in [0.5, 0.6) is 0 Å². The Morgan fingerprint density at radius 1 is 1.55 bits per heavy atom. The fourth-order valence-corrected chi connectivity index (χ4v) is 3.46. The van der Waals surface area contributed by atoms with Gasteiger partial charge in [0, 0.05) is 13.1 Å². The van der Waals surface area contributed by atoms with Gasteiger partial charge in [0.1, 0.15) is 6.10 Å². The summed E-state index contributed by atoms with van der Waals surface area (Å²) in [5, 5.41) is 4.14. The summed E-state index contributed by atoms with van der Waals surface area (Å²) < 4.78 is 5.80. The zero-order chi connectivity index (χ0) is 14.6. The molecule has 2 heterocycles. The minimum absolute atomic E-state index is 0.00290. The van der Waals surface area contributed by atoms with E-state index in [4.69, 9.17) is 10.5 Å². The molecule has 112 valence electrons. The predicted molar refractivity (Wildman–Crippen MR) is 81.7 cm³/mol. The van der Waals surface area contributed by atoms with Gasteiger partial charge in [-0.3, -0.25) is 4.79 Å². The SMILES string of the molecule is CCC(CC)(CN)C(=O)N1CCOC(c2ccsc2)C1. The molecule has 20 heavy (non-hydrogen) atoms. The Hall–Kier alpha value is -0.910. The first-order valence-corrected chi connectivity index (χ1v) is 8.24. The van der Waals surface area contributed by atoms with Gasteiger partial charge in [-0.2, -0.15) is 11.3 Å². The molecule has 0 radical (unpaired) electrons. The average molecular weight is 296 g/mol. The van der Waals surface area contributed by atoms with Gasteiger partial charge in [0.25, 0.3) is 0 Å². The van der Waals surface area contributed by atoms with Crippen LogP contribution in [-0.2, 0) is 9.53 Å². The van der Waals surface area contributed by atoms with E-state index in [1.165, 1.54) is 5.56 Å². The maximum atomic E-state index is 12.8. The van der Waals surface area contributed by atoms with Crippen LogP contribution in [0.25, 0.3) is 0 Å². The molecule has 0 spiro atoms. The number of nitrogens with two attached hydrogens (primary N) is 1. The molecule has 0 aromatic carbocycles. The molecule has 0 bridgehead atoms. The van der Waals surface area contributed by atoms with E-state index >= 15 is 0 Å². The third kappa shape index (κ3) is 2.90. The Bertz CT molecular complexity index is 421. The Labute approximate surface area is 124 Å². The van der Waals surface area contributed by atoms with Crippen LogP contribution in [0.15, 0.2) is 16.8 Å². The summed E-state index contributed by atoms with van der Waals surface area (Å²) in [6.07, 6.45) is 1.58. The van der Waals surface area contributed by atoms with Crippen molar-refractivity contribution in [1.82, 2.24) is 4.90 Å². The van der Waals surface area contributed by atoms with Crippen molar-refractivity contribution in [3.05, 3.63) is 22.4 Å². The first-order chi connectivity index (χ1) is 9.66. The van der Waals surface area contributed by atoms with E-state index in [1.54, 1.807) is 11.3 Å². The summed E-state index contributed by atoms with van der Waals surface area (Å²) in [5.74, 6) is 0.188. The standard InChI is InChI=1S/C15H24N2O2S/c1-3-15(4-2,11-16)14(18)17-6-7-19-13(9-17)12-5-8-20-10-12/h5,8,10,13H,3-4,6-7,9,11,16H2,1-2H3. The molecular weight excluding hydrogens is 272 g/mol. The number of morpholine rings is 1. The number of ether oxygens (including phenoxy) is 1. The lowest BCUT2D eigenvalue weighted by atomic mass is 9.80. The second-order valence-corrected chi connectivity index (χ2v) is 6.14. The molecule has 0 saturated carbocycles. The van der Waals surface area contributed by atoms with E-state index < -0.39 is 5.41 Å². The highest BCUT2D eigenvalue weighted by Gasteiger charge is 2.38. The molecule has 1 unspecified atom stereocenters. The van der Waals surface area contributed by atoms with E-state index in [2.05, 4.69) is 11.4 Å². The number of hydrogen-bond donors (Lipinski definition) is 1. The van der Waals surface area contributed by atoms with Crippen molar-refractivity contribution in [1.29, 1.82) is 0 Å². The number of rotatable bonds is 5. The molecule has 1 amide bonds. The normalized spacial score (nSPS) is 20.1. The van der Waals surface area contributed by atoms with Crippen LogP contribution < -0.4 is 5.73 Å². The van der Waals surface area contributed by atoms with Crippen LogP contribution >= 0.6 is 11.3 Å². The smallest absolute Gasteiger partial charge is 0.230 e. The lowest BCUT2D eigenvalue weighted by Crippen LogP contribution is -2.51. The number of carbonyl (C=O) groups excluding carboxylic acids is 1. The zero-order valence-electron chi connectivity index (χ0n) is 12.3. The highest BCUT2D eigenvalue weighted by molar-refractivity contribution is 7.07. The molecule has 2 rings (SSSR count). The highest BCUT2D eigenvalue weighted by atomic mass is 32.1. The number of amides is 1. The molecule has 4 nitrogen and oxygen atoms in total. The predicted octanol–water partition coefficient (Wildman–Crippen LogP) is 2.41. The zero-order valence-corrected chi connectivity index (χ0v) is 13.1. The summed E-state index contributed by atoms with van der Waals surface area (Å²) in [6, 6.07) is 2.07. The molecule has 1 atom stereocenters. The fourth-order valence-electron chi connectivity index (χ4n) is 2.76. The molecule has 2 N–H and O–H groups in total. The molecule has 1 aliphatic heterocycles. The average Bonchev–Trinajstić information content (AvgIpc) is 3.04. The molecule has 1 aliphatic rings. The van der Waals surface area contributed by atoms with Gasteiger partial charge in [0.15, 0.2) is 0 Å². The van der Waals surface area contributed by atoms with Gasteiger partial charge in [-0.25, -0.2) is 0 Å². The van der Waals surface area contributed by atoms with Gasteiger partial charge in [-0.05, 0) is 35.2 Å². The fraction of sp³-hybridized carbons (Fsp3) is 0.667. The molecule has 5 heteroatoms. The maximum Gasteiger partial charge on any atom is 0.230 e. The van der Waals surface area contributed by atoms with Crippen molar-refractivity contribution in [3.8, 4) is 0 Å². The third-order valence-electron chi connectivity index (χ3n) is 4.47. The first-order valence-electron chi connectivity index (χ1n) is 7.30. The second kappa shape index (κ2) is 6.70. The van der Waals surface area contributed by atoms with E-state index in [-0.39, 0.29) is 12.0 Å². The topological polar surface area (TPSA) is 55.6 Å². The minimum Gasteiger partial charge on any atom is -0.370 e. The summed E-state index contributed by atoms with van der Waals surface area (Å²) in [6.45, 7) is 6.41. The van der Waals surface area contributed by atoms with E-state index in [1.807, 2.05) is 24.1 Å². The van der Waals surface area contributed by atoms with Crippen LogP contribution in [-0.4, -0.2) is 37.0 Å². The van der Waals surface area contributed by atoms with Crippen molar-refractivity contribution >= 4 is 17.2 Å². The van der Waals surface area contributed by atoms with Crippen LogP contribution in [0.3, 0.4) is 0 Å². The molecule has 1 aromatic rings. The van der Waals surface area contributed by atoms with Crippen molar-refractivity contribution in [2.75, 3.05) is 26.2 Å². The molecule has 1 fully saturated rings. The number of carbonyl (C=O) groups is 1. The number of hydrogen-bond acceptors (Lipinski definition) is 4. The van der Waals surface area contributed by atoms with Gasteiger partial charge in [0.2, 0.25) is 5.91 Å². The molecule has 0 aliphatic carbocycles. The lowest BCUT2D eigenvalue weighted by molar-refractivity contribution is -0.150. The van der Waals surface area contributed by atoms with Gasteiger partial charge < -0.3 is 15.4 Å². The summed E-state index contributed by atoms with van der Waals surface area (Å²) in [7, 11) is 0. The monoisotopic (exact) mass is 296 g/mol. The van der Waals surface area contributed by atoms with Gasteiger partial charge in [-0.15, -0.1) is 0 Å². The van der Waals surface area contributed by atoms with Gasteiger partial charge in [-0.1, -0.05) is 13.8 Å². The third-order valence-corrected chi connectivity index (χ3v) is 5.17. The maximum absolute atomic E-state index is 12.8. The largest absolute Gasteiger partial charge is 0.370 e. The molecule has 1 aromatic heterocycles. The number of nitrogens with zero attached hydrogens (tertiary/aromatic N) is 1. The van der Waals surface area contributed by atoms with Crippen LogP contribution in [0.4, 0.5) is 0 Å². The molecular formula is C15H24N2O2S. The molecule has 1 saturated heterocycles. The van der Waals surface area contributed by atoms with E-state index in [0.29, 0.717) is 26.2 Å². The van der Waals surface area contributed by atoms with Crippen molar-refractivity contribution < 1.29 is 9.53 Å². The highest BCUT2D eigenvalue weighted by Crippen LogP contribution is 2.31. The Morgan fingerprint density at radius 3 is 2.85 bits per heavy atom. The summed E-state index contributed by atoms with van der Waals surface area (Å²) in [4.78, 5) is 14.8. The van der Waals surface area contributed by atoms with Crippen LogP contribution in [0.2, 0.25) is 0 Å². The first kappa shape index (κ1) is 15.5. The summed E-state index contributed by atoms with van der Waals surface area (Å²) in [5.41, 5.74) is 6.65. The number of thiophene rings is 1. The van der Waals surface area contributed by atoms with Gasteiger partial charge >= 0.3 is 0 Å². The van der Waals surface area contributed by atoms with Crippen LogP contribution in [0, 0.1) is 5.41 Å². The van der Waals surface area contributed by atoms with Gasteiger partial charge in [0.05, 0.1) is 18.6 Å². The van der Waals surface area contributed by atoms with Crippen molar-refractivity contribution in [2.24, 2.45) is 11.1 Å². The van der Waals surface area contributed by atoms with Crippen molar-refractivity contribution in [2.45, 2.75) is 32.8 Å². The van der Waals surface area contributed by atoms with E-state index in [0.717, 1.165) is 12.8 Å². The van der Waals surface area contributed by atoms with Crippen molar-refractivity contribution in [3.63, 3.8) is 0 Å².